The van der Waals surface area contributed by atoms with Crippen molar-refractivity contribution in [2.45, 2.75) is 38.5 Å². The van der Waals surface area contributed by atoms with E-state index >= 15 is 0 Å². The van der Waals surface area contributed by atoms with Crippen molar-refractivity contribution in [1.29, 1.82) is 0 Å². The van der Waals surface area contributed by atoms with E-state index in [4.69, 9.17) is 10.2 Å². The maximum Gasteiger partial charge on any atom is -1.00 e. The summed E-state index contributed by atoms with van der Waals surface area (Å²) in [5, 5.41) is 17.9. The van der Waals surface area contributed by atoms with Gasteiger partial charge < -0.3 is 24.8 Å². The van der Waals surface area contributed by atoms with Gasteiger partial charge in [-0.25, -0.2) is 0 Å². The van der Waals surface area contributed by atoms with E-state index in [1.54, 1.807) is 6.56 Å². The van der Waals surface area contributed by atoms with E-state index in [2.05, 4.69) is 24.3 Å². The Hall–Kier alpha value is 0.343. The minimum atomic E-state index is -0.626. The number of allylic oxidation sites excluding steroid dienone is 8. The summed E-state index contributed by atoms with van der Waals surface area (Å²) in [6.07, 6.45) is 15.2. The van der Waals surface area contributed by atoms with Crippen LogP contribution in [-0.2, 0) is 23.2 Å². The molecule has 0 heterocycles. The monoisotopic (exact) mass is 406 g/mol. The molecule has 0 saturated heterocycles. The molecular formula is C16H22Cl2O2Zr. The summed E-state index contributed by atoms with van der Waals surface area (Å²) in [7, 11) is 0. The van der Waals surface area contributed by atoms with Crippen molar-refractivity contribution < 1.29 is 58.3 Å². The van der Waals surface area contributed by atoms with Gasteiger partial charge in [0.25, 0.3) is 0 Å². The molecule has 0 saturated carbocycles. The third-order valence-electron chi connectivity index (χ3n) is 3.57. The van der Waals surface area contributed by atoms with E-state index in [0.29, 0.717) is 13.2 Å². The fraction of sp³-hybridized carbons (Fsp3) is 0.500. The predicted octanol–water partition coefficient (Wildman–Crippen LogP) is -2.95. The van der Waals surface area contributed by atoms with Crippen LogP contribution in [0, 0.1) is 0 Å². The molecular weight excluding hydrogens is 386 g/mol. The van der Waals surface area contributed by atoms with E-state index in [9.17, 15) is 0 Å². The maximum absolute atomic E-state index is 8.96. The Balaban J connectivity index is 0.00000200. The topological polar surface area (TPSA) is 40.5 Å². The molecule has 2 aliphatic rings. The zero-order valence-electron chi connectivity index (χ0n) is 12.1. The summed E-state index contributed by atoms with van der Waals surface area (Å²) in [5.74, 6) is 0. The van der Waals surface area contributed by atoms with Crippen molar-refractivity contribution in [1.82, 2.24) is 0 Å². The number of halogens is 2. The molecule has 0 atom stereocenters. The third kappa shape index (κ3) is 6.54. The molecule has 0 aliphatic heterocycles. The molecule has 0 bridgehead atoms. The molecule has 2 rings (SSSR count). The minimum Gasteiger partial charge on any atom is -1.00 e. The quantitative estimate of drug-likeness (QED) is 0.451. The van der Waals surface area contributed by atoms with Gasteiger partial charge in [0.1, 0.15) is 0 Å². The summed E-state index contributed by atoms with van der Waals surface area (Å²) >= 11 is -0.626. The van der Waals surface area contributed by atoms with E-state index in [1.165, 1.54) is 11.1 Å². The number of rotatable bonds is 8. The van der Waals surface area contributed by atoms with Crippen LogP contribution >= 0.6 is 0 Å². The van der Waals surface area contributed by atoms with Gasteiger partial charge >= 0.3 is 127 Å². The van der Waals surface area contributed by atoms with Crippen LogP contribution in [0.15, 0.2) is 42.0 Å². The summed E-state index contributed by atoms with van der Waals surface area (Å²) in [4.78, 5) is 0. The molecule has 2 N–H and O–H groups in total. The molecule has 0 aromatic rings. The van der Waals surface area contributed by atoms with Crippen LogP contribution in [0.4, 0.5) is 0 Å². The van der Waals surface area contributed by atoms with Crippen molar-refractivity contribution >= 4 is 0 Å². The Labute approximate surface area is 151 Å². The van der Waals surface area contributed by atoms with Gasteiger partial charge in [-0.1, -0.05) is 0 Å². The van der Waals surface area contributed by atoms with Crippen LogP contribution in [0.25, 0.3) is 0 Å². The van der Waals surface area contributed by atoms with Crippen LogP contribution in [0.2, 0.25) is 0 Å². The van der Waals surface area contributed by atoms with Crippen molar-refractivity contribution in [3.05, 3.63) is 42.0 Å². The molecule has 2 nitrogen and oxygen atoms in total. The Morgan fingerprint density at radius 3 is 1.62 bits per heavy atom. The third-order valence-corrected chi connectivity index (χ3v) is 7.63. The van der Waals surface area contributed by atoms with Gasteiger partial charge in [0, 0.05) is 0 Å². The fourth-order valence-electron chi connectivity index (χ4n) is 2.55. The second kappa shape index (κ2) is 11.9. The van der Waals surface area contributed by atoms with Crippen molar-refractivity contribution in [3.8, 4) is 0 Å². The molecule has 5 heteroatoms. The molecule has 0 aromatic carbocycles. The normalized spacial score (nSPS) is 16.1. The van der Waals surface area contributed by atoms with E-state index < -0.39 is 23.2 Å². The van der Waals surface area contributed by atoms with E-state index in [1.807, 2.05) is 0 Å². The predicted molar refractivity (Wildman–Crippen MR) is 74.2 cm³/mol. The summed E-state index contributed by atoms with van der Waals surface area (Å²) < 4.78 is 3.38. The zero-order valence-corrected chi connectivity index (χ0v) is 16.1. The van der Waals surface area contributed by atoms with Gasteiger partial charge in [0.2, 0.25) is 0 Å². The summed E-state index contributed by atoms with van der Waals surface area (Å²) in [6, 6.07) is 0. The van der Waals surface area contributed by atoms with Gasteiger partial charge in [-0.2, -0.15) is 0 Å². The first-order chi connectivity index (χ1) is 9.35. The molecule has 0 fully saturated rings. The number of hydrogen-bond acceptors (Lipinski definition) is 2. The molecule has 0 amide bonds. The van der Waals surface area contributed by atoms with Crippen LogP contribution in [0.1, 0.15) is 38.5 Å². The van der Waals surface area contributed by atoms with Crippen LogP contribution < -0.4 is 24.8 Å². The maximum atomic E-state index is 8.96. The second-order valence-corrected chi connectivity index (χ2v) is 8.58. The van der Waals surface area contributed by atoms with Gasteiger partial charge in [0.05, 0.1) is 0 Å². The number of hydrogen-bond donors (Lipinski definition) is 2. The van der Waals surface area contributed by atoms with Crippen molar-refractivity contribution in [3.63, 3.8) is 0 Å². The average molecular weight is 408 g/mol. The van der Waals surface area contributed by atoms with Gasteiger partial charge in [0.15, 0.2) is 0 Å². The largest absolute Gasteiger partial charge is 1.00 e. The van der Waals surface area contributed by atoms with Crippen molar-refractivity contribution in [2.24, 2.45) is 0 Å². The molecule has 116 valence electrons. The van der Waals surface area contributed by atoms with E-state index in [-0.39, 0.29) is 24.8 Å². The number of aliphatic hydroxyl groups excluding tert-OH is 2. The molecule has 2 aliphatic carbocycles. The Kier molecular flexibility index (Phi) is 12.0. The standard InChI is InChI=1S/2C8H11O.2ClH.Zr/c2*9-7-3-6-8-4-1-2-5-8;;;/h2*1,4,9H,2-3,6-7H2;2*1H;/q;;;;+2/p-2. The minimum absolute atomic E-state index is 0. The summed E-state index contributed by atoms with van der Waals surface area (Å²) in [6.45, 7) is 0.587. The summed E-state index contributed by atoms with van der Waals surface area (Å²) in [5.41, 5.74) is 3.00. The van der Waals surface area contributed by atoms with Crippen LogP contribution in [0.5, 0.6) is 0 Å². The zero-order chi connectivity index (χ0) is 13.5. The SMILES string of the molecule is OCCCC1=[C]([Zr+2][C]2=C(CCCO)C=CC2)CC=C1.[Cl-].[Cl-]. The molecule has 0 radical (unpaired) electrons. The first-order valence-corrected chi connectivity index (χ1v) is 9.57. The second-order valence-electron chi connectivity index (χ2n) is 5.00. The Morgan fingerprint density at radius 2 is 1.24 bits per heavy atom. The van der Waals surface area contributed by atoms with Crippen LogP contribution in [0.3, 0.4) is 0 Å². The van der Waals surface area contributed by atoms with Gasteiger partial charge in [-0.05, 0) is 0 Å². The fourth-order valence-corrected chi connectivity index (χ4v) is 6.34. The Bertz CT molecular complexity index is 400. The number of aliphatic hydroxyl groups is 2. The molecule has 21 heavy (non-hydrogen) atoms. The molecule has 0 aromatic heterocycles. The Morgan fingerprint density at radius 1 is 0.810 bits per heavy atom. The van der Waals surface area contributed by atoms with Gasteiger partial charge in [-0.15, -0.1) is 0 Å². The first-order valence-electron chi connectivity index (χ1n) is 7.11. The van der Waals surface area contributed by atoms with E-state index in [0.717, 1.165) is 38.5 Å². The smallest absolute Gasteiger partial charge is 1.00 e. The molecule has 0 spiro atoms. The van der Waals surface area contributed by atoms with Gasteiger partial charge in [-0.3, -0.25) is 0 Å². The molecule has 0 unspecified atom stereocenters. The van der Waals surface area contributed by atoms with Crippen LogP contribution in [-0.4, -0.2) is 23.4 Å². The average Bonchev–Trinajstić information content (AvgIpc) is 3.04. The van der Waals surface area contributed by atoms with Crippen molar-refractivity contribution in [2.75, 3.05) is 13.2 Å². The first kappa shape index (κ1) is 21.3.